The zero-order valence-electron chi connectivity index (χ0n) is 15.5. The van der Waals surface area contributed by atoms with Gasteiger partial charge in [0, 0.05) is 10.9 Å². The highest BCUT2D eigenvalue weighted by molar-refractivity contribution is 7.12. The van der Waals surface area contributed by atoms with Gasteiger partial charge in [0.25, 0.3) is 0 Å². The number of hydrazone groups is 1. The maximum Gasteiger partial charge on any atom is 0.196 e. The van der Waals surface area contributed by atoms with Crippen LogP contribution < -0.4 is 10.2 Å². The second-order valence-corrected chi connectivity index (χ2v) is 6.84. The van der Waals surface area contributed by atoms with E-state index in [0.717, 1.165) is 22.7 Å². The first-order chi connectivity index (χ1) is 13.1. The second kappa shape index (κ2) is 8.47. The lowest BCUT2D eigenvalue weighted by Crippen LogP contribution is -2.01. The van der Waals surface area contributed by atoms with E-state index in [1.165, 1.54) is 22.5 Å². The summed E-state index contributed by atoms with van der Waals surface area (Å²) in [7, 11) is 0. The number of nitrogens with one attached hydrogen (secondary N) is 1. The van der Waals surface area contributed by atoms with Gasteiger partial charge in [-0.15, -0.1) is 11.3 Å². The molecule has 0 aliphatic rings. The molecule has 6 heteroatoms. The van der Waals surface area contributed by atoms with Crippen LogP contribution in [0, 0.1) is 25.2 Å². The van der Waals surface area contributed by atoms with Gasteiger partial charge in [0.2, 0.25) is 0 Å². The lowest BCUT2D eigenvalue weighted by atomic mass is 10.1. The van der Waals surface area contributed by atoms with Crippen molar-refractivity contribution in [2.24, 2.45) is 5.10 Å². The van der Waals surface area contributed by atoms with E-state index in [0.29, 0.717) is 11.6 Å². The van der Waals surface area contributed by atoms with Crippen LogP contribution in [-0.2, 0) is 0 Å². The normalized spacial score (nSPS) is 11.1. The smallest absolute Gasteiger partial charge is 0.196 e. The molecule has 0 amide bonds. The van der Waals surface area contributed by atoms with Crippen LogP contribution in [0.1, 0.15) is 23.1 Å². The number of nitrogens with zero attached hydrogens (tertiary/aromatic N) is 3. The van der Waals surface area contributed by atoms with Gasteiger partial charge in [-0.3, -0.25) is 5.43 Å². The van der Waals surface area contributed by atoms with Crippen molar-refractivity contribution in [1.29, 1.82) is 5.26 Å². The Balaban J connectivity index is 1.77. The highest BCUT2D eigenvalue weighted by Crippen LogP contribution is 2.24. The van der Waals surface area contributed by atoms with Crippen molar-refractivity contribution < 1.29 is 4.74 Å². The summed E-state index contributed by atoms with van der Waals surface area (Å²) in [6, 6.07) is 15.8. The van der Waals surface area contributed by atoms with Gasteiger partial charge in [-0.1, -0.05) is 12.1 Å². The van der Waals surface area contributed by atoms with Gasteiger partial charge in [0.15, 0.2) is 10.7 Å². The number of aryl methyl sites for hydroxylation is 2. The van der Waals surface area contributed by atoms with Gasteiger partial charge in [0.1, 0.15) is 11.8 Å². The molecule has 1 N–H and O–H groups in total. The standard InChI is InChI=1S/C21H20N4OS/c1-4-26-18-9-7-17(8-10-18)24-25-19(12-22)21-23-20(13-27-21)16-6-5-14(2)15(3)11-16/h5-11,13,24H,4H2,1-3H3/b25-19-. The zero-order chi connectivity index (χ0) is 19.2. The summed E-state index contributed by atoms with van der Waals surface area (Å²) in [5, 5.41) is 16.2. The Hall–Kier alpha value is -3.17. The molecule has 2 aromatic carbocycles. The summed E-state index contributed by atoms with van der Waals surface area (Å²) in [5.41, 5.74) is 8.28. The molecule has 3 rings (SSSR count). The third-order valence-electron chi connectivity index (χ3n) is 4.08. The molecule has 0 radical (unpaired) electrons. The van der Waals surface area contributed by atoms with E-state index < -0.39 is 0 Å². The number of hydrogen-bond donors (Lipinski definition) is 1. The molecule has 0 aliphatic heterocycles. The van der Waals surface area contributed by atoms with Crippen LogP contribution in [-0.4, -0.2) is 17.3 Å². The van der Waals surface area contributed by atoms with Gasteiger partial charge in [-0.25, -0.2) is 4.98 Å². The molecule has 0 saturated heterocycles. The predicted molar refractivity (Wildman–Crippen MR) is 110 cm³/mol. The first-order valence-electron chi connectivity index (χ1n) is 8.61. The molecule has 0 atom stereocenters. The van der Waals surface area contributed by atoms with E-state index in [9.17, 15) is 5.26 Å². The van der Waals surface area contributed by atoms with Crippen LogP contribution in [0.4, 0.5) is 5.69 Å². The number of benzene rings is 2. The number of nitriles is 1. The highest BCUT2D eigenvalue weighted by atomic mass is 32.1. The molecular weight excluding hydrogens is 356 g/mol. The van der Waals surface area contributed by atoms with Gasteiger partial charge in [-0.05, 0) is 62.2 Å². The molecule has 0 aliphatic carbocycles. The summed E-state index contributed by atoms with van der Waals surface area (Å²) < 4.78 is 5.41. The Morgan fingerprint density at radius 1 is 1.19 bits per heavy atom. The maximum atomic E-state index is 9.46. The average molecular weight is 376 g/mol. The Morgan fingerprint density at radius 3 is 2.63 bits per heavy atom. The lowest BCUT2D eigenvalue weighted by Gasteiger charge is -2.04. The fraction of sp³-hybridized carbons (Fsp3) is 0.190. The third kappa shape index (κ3) is 4.52. The Labute approximate surface area is 163 Å². The van der Waals surface area contributed by atoms with Gasteiger partial charge >= 0.3 is 0 Å². The number of rotatable bonds is 6. The molecule has 5 nitrogen and oxygen atoms in total. The second-order valence-electron chi connectivity index (χ2n) is 5.98. The van der Waals surface area contributed by atoms with Crippen molar-refractivity contribution in [3.8, 4) is 23.1 Å². The van der Waals surface area contributed by atoms with Gasteiger partial charge in [-0.2, -0.15) is 10.4 Å². The third-order valence-corrected chi connectivity index (χ3v) is 4.93. The molecule has 0 unspecified atom stereocenters. The summed E-state index contributed by atoms with van der Waals surface area (Å²) in [6.45, 7) is 6.72. The van der Waals surface area contributed by atoms with E-state index >= 15 is 0 Å². The molecule has 0 fully saturated rings. The van der Waals surface area contributed by atoms with Gasteiger partial charge < -0.3 is 4.74 Å². The number of anilines is 1. The molecule has 27 heavy (non-hydrogen) atoms. The topological polar surface area (TPSA) is 70.3 Å². The first-order valence-corrected chi connectivity index (χ1v) is 9.49. The molecule has 3 aromatic rings. The molecule has 1 heterocycles. The van der Waals surface area contributed by atoms with Gasteiger partial charge in [0.05, 0.1) is 18.0 Å². The van der Waals surface area contributed by atoms with Crippen molar-refractivity contribution in [3.63, 3.8) is 0 Å². The maximum absolute atomic E-state index is 9.46. The minimum absolute atomic E-state index is 0.254. The number of hydrogen-bond acceptors (Lipinski definition) is 6. The molecule has 0 saturated carbocycles. The summed E-state index contributed by atoms with van der Waals surface area (Å²) >= 11 is 1.41. The van der Waals surface area contributed by atoms with E-state index in [2.05, 4.69) is 47.6 Å². The van der Waals surface area contributed by atoms with Crippen LogP contribution in [0.15, 0.2) is 52.9 Å². The quantitative estimate of drug-likeness (QED) is 0.476. The van der Waals surface area contributed by atoms with E-state index in [-0.39, 0.29) is 5.71 Å². The Kier molecular flexibility index (Phi) is 5.84. The fourth-order valence-electron chi connectivity index (χ4n) is 2.45. The zero-order valence-corrected chi connectivity index (χ0v) is 16.3. The number of ether oxygens (including phenoxy) is 1. The minimum atomic E-state index is 0.254. The van der Waals surface area contributed by atoms with Crippen LogP contribution in [0.2, 0.25) is 0 Å². The highest BCUT2D eigenvalue weighted by Gasteiger charge is 2.11. The van der Waals surface area contributed by atoms with Crippen molar-refractivity contribution in [3.05, 3.63) is 64.0 Å². The molecular formula is C21H20N4OS. The first kappa shape index (κ1) is 18.6. The van der Waals surface area contributed by atoms with Crippen molar-refractivity contribution in [1.82, 2.24) is 4.98 Å². The predicted octanol–water partition coefficient (Wildman–Crippen LogP) is 5.17. The summed E-state index contributed by atoms with van der Waals surface area (Å²) in [6.07, 6.45) is 0. The fourth-order valence-corrected chi connectivity index (χ4v) is 3.22. The van der Waals surface area contributed by atoms with Crippen molar-refractivity contribution in [2.75, 3.05) is 12.0 Å². The molecule has 1 aromatic heterocycles. The Morgan fingerprint density at radius 2 is 1.96 bits per heavy atom. The summed E-state index contributed by atoms with van der Waals surface area (Å²) in [4.78, 5) is 4.58. The van der Waals surface area contributed by atoms with Crippen LogP contribution in [0.5, 0.6) is 5.75 Å². The van der Waals surface area contributed by atoms with E-state index in [1.54, 1.807) is 0 Å². The number of thiazole rings is 1. The largest absolute Gasteiger partial charge is 0.494 e. The summed E-state index contributed by atoms with van der Waals surface area (Å²) in [5.74, 6) is 0.797. The molecule has 136 valence electrons. The lowest BCUT2D eigenvalue weighted by molar-refractivity contribution is 0.340. The number of aromatic nitrogens is 1. The van der Waals surface area contributed by atoms with Crippen molar-refractivity contribution in [2.45, 2.75) is 20.8 Å². The Bertz CT molecular complexity index is 1000. The van der Waals surface area contributed by atoms with E-state index in [4.69, 9.17) is 4.74 Å². The molecule has 0 spiro atoms. The molecule has 0 bridgehead atoms. The van der Waals surface area contributed by atoms with Crippen LogP contribution >= 0.6 is 11.3 Å². The average Bonchev–Trinajstić information content (AvgIpc) is 3.16. The monoisotopic (exact) mass is 376 g/mol. The van der Waals surface area contributed by atoms with E-state index in [1.807, 2.05) is 42.6 Å². The van der Waals surface area contributed by atoms with Crippen LogP contribution in [0.3, 0.4) is 0 Å². The van der Waals surface area contributed by atoms with Crippen LogP contribution in [0.25, 0.3) is 11.3 Å². The minimum Gasteiger partial charge on any atom is -0.494 e. The SMILES string of the molecule is CCOc1ccc(N/N=C(/C#N)c2nc(-c3ccc(C)c(C)c3)cs2)cc1. The van der Waals surface area contributed by atoms with Crippen molar-refractivity contribution >= 4 is 22.7 Å².